The topological polar surface area (TPSA) is 87.8 Å². The first-order valence-electron chi connectivity index (χ1n) is 9.81. The van der Waals surface area contributed by atoms with Crippen LogP contribution in [-0.4, -0.2) is 37.7 Å². The number of allylic oxidation sites excluding steroid dienone is 1. The average Bonchev–Trinajstić information content (AvgIpc) is 3.24. The molecule has 0 aliphatic carbocycles. The van der Waals surface area contributed by atoms with Crippen LogP contribution in [0.15, 0.2) is 90.3 Å². The van der Waals surface area contributed by atoms with E-state index in [1.165, 1.54) is 11.8 Å². The molecular formula is C23H19N7O. The third kappa shape index (κ3) is 3.78. The Balaban J connectivity index is 1.48. The van der Waals surface area contributed by atoms with Gasteiger partial charge in [-0.25, -0.2) is 9.50 Å². The largest absolute Gasteiger partial charge is 0.324 e. The number of carbonyl (C=O) groups is 1. The smallest absolute Gasteiger partial charge is 0.260 e. The van der Waals surface area contributed by atoms with E-state index in [9.17, 15) is 4.79 Å². The zero-order chi connectivity index (χ0) is 21.2. The standard InChI is InChI=1S/C23H19N7O/c1-16-5-7-19(8-6-16)30-15-18(12-21(28-30)17-4-2-9-24-13-17)27-23(31)20-14-26-29-11-3-10-25-22(20)29/h2-14H,15H2,1H3,(H,27,31). The molecule has 0 unspecified atom stereocenters. The summed E-state index contributed by atoms with van der Waals surface area (Å²) in [5, 5.41) is 13.9. The first-order chi connectivity index (χ1) is 15.2. The average molecular weight is 409 g/mol. The van der Waals surface area contributed by atoms with E-state index in [0.29, 0.717) is 23.5 Å². The van der Waals surface area contributed by atoms with Crippen LogP contribution in [-0.2, 0) is 0 Å². The van der Waals surface area contributed by atoms with Gasteiger partial charge in [-0.2, -0.15) is 10.2 Å². The summed E-state index contributed by atoms with van der Waals surface area (Å²) in [6, 6.07) is 13.7. The molecule has 31 heavy (non-hydrogen) atoms. The molecule has 0 fully saturated rings. The van der Waals surface area contributed by atoms with Crippen molar-refractivity contribution in [1.29, 1.82) is 0 Å². The molecule has 1 N–H and O–H groups in total. The van der Waals surface area contributed by atoms with Gasteiger partial charge in [0.1, 0.15) is 5.56 Å². The fourth-order valence-corrected chi connectivity index (χ4v) is 3.36. The van der Waals surface area contributed by atoms with Gasteiger partial charge in [-0.1, -0.05) is 17.7 Å². The molecule has 3 aromatic heterocycles. The molecule has 1 aliphatic heterocycles. The van der Waals surface area contributed by atoms with Crippen molar-refractivity contribution in [3.05, 3.63) is 102 Å². The summed E-state index contributed by atoms with van der Waals surface area (Å²) < 4.78 is 1.57. The van der Waals surface area contributed by atoms with E-state index in [0.717, 1.165) is 16.9 Å². The van der Waals surface area contributed by atoms with E-state index in [4.69, 9.17) is 5.10 Å². The Morgan fingerprint density at radius 3 is 2.74 bits per heavy atom. The molecule has 0 spiro atoms. The van der Waals surface area contributed by atoms with Crippen LogP contribution in [0.4, 0.5) is 5.69 Å². The normalized spacial score (nSPS) is 13.6. The predicted octanol–water partition coefficient (Wildman–Crippen LogP) is 2.97. The lowest BCUT2D eigenvalue weighted by molar-refractivity contribution is 0.0966. The number of hydrazone groups is 1. The van der Waals surface area contributed by atoms with Crippen molar-refractivity contribution in [3.8, 4) is 0 Å². The van der Waals surface area contributed by atoms with Crippen LogP contribution in [0, 0.1) is 6.92 Å². The predicted molar refractivity (Wildman–Crippen MR) is 118 cm³/mol. The van der Waals surface area contributed by atoms with Gasteiger partial charge in [-0.3, -0.25) is 14.8 Å². The fraction of sp³-hybridized carbons (Fsp3) is 0.0870. The van der Waals surface area contributed by atoms with Crippen molar-refractivity contribution in [3.63, 3.8) is 0 Å². The first-order valence-corrected chi connectivity index (χ1v) is 9.81. The summed E-state index contributed by atoms with van der Waals surface area (Å²) in [5.41, 5.74) is 5.32. The van der Waals surface area contributed by atoms with E-state index in [-0.39, 0.29) is 5.91 Å². The van der Waals surface area contributed by atoms with Gasteiger partial charge in [-0.15, -0.1) is 0 Å². The summed E-state index contributed by atoms with van der Waals surface area (Å²) in [7, 11) is 0. The number of fused-ring (bicyclic) bond motifs is 1. The Morgan fingerprint density at radius 1 is 1.06 bits per heavy atom. The van der Waals surface area contributed by atoms with Gasteiger partial charge < -0.3 is 5.32 Å². The number of rotatable bonds is 4. The second-order valence-electron chi connectivity index (χ2n) is 7.19. The van der Waals surface area contributed by atoms with Crippen molar-refractivity contribution >= 4 is 23.0 Å². The van der Waals surface area contributed by atoms with Crippen LogP contribution >= 0.6 is 0 Å². The Morgan fingerprint density at radius 2 is 1.94 bits per heavy atom. The highest BCUT2D eigenvalue weighted by Gasteiger charge is 2.20. The van der Waals surface area contributed by atoms with E-state index in [2.05, 4.69) is 20.4 Å². The molecule has 0 bridgehead atoms. The molecule has 8 heteroatoms. The highest BCUT2D eigenvalue weighted by Crippen LogP contribution is 2.21. The molecule has 0 atom stereocenters. The summed E-state index contributed by atoms with van der Waals surface area (Å²) in [6.07, 6.45) is 10.3. The molecular weight excluding hydrogens is 390 g/mol. The number of pyridine rings is 1. The van der Waals surface area contributed by atoms with Gasteiger partial charge in [-0.05, 0) is 43.3 Å². The monoisotopic (exact) mass is 409 g/mol. The van der Waals surface area contributed by atoms with Crippen molar-refractivity contribution in [2.75, 3.05) is 11.6 Å². The van der Waals surface area contributed by atoms with E-state index in [1.807, 2.05) is 54.4 Å². The van der Waals surface area contributed by atoms with Crippen molar-refractivity contribution in [1.82, 2.24) is 24.9 Å². The lowest BCUT2D eigenvalue weighted by atomic mass is 10.1. The lowest BCUT2D eigenvalue weighted by Crippen LogP contribution is -2.34. The number of hydrogen-bond acceptors (Lipinski definition) is 6. The molecule has 4 heterocycles. The molecule has 1 amide bonds. The van der Waals surface area contributed by atoms with E-state index < -0.39 is 0 Å². The maximum absolute atomic E-state index is 13.0. The van der Waals surface area contributed by atoms with Gasteiger partial charge in [0.2, 0.25) is 0 Å². The SMILES string of the molecule is Cc1ccc(N2CC(NC(=O)c3cnn4cccnc34)=CC(c3cccnc3)=N2)cc1. The number of aromatic nitrogens is 4. The fourth-order valence-electron chi connectivity index (χ4n) is 3.36. The molecule has 1 aliphatic rings. The summed E-state index contributed by atoms with van der Waals surface area (Å²) >= 11 is 0. The van der Waals surface area contributed by atoms with E-state index in [1.54, 1.807) is 35.4 Å². The van der Waals surface area contributed by atoms with Crippen molar-refractivity contribution in [2.24, 2.45) is 5.10 Å². The number of hydrogen-bond donors (Lipinski definition) is 1. The number of nitrogens with one attached hydrogen (secondary N) is 1. The Kier molecular flexibility index (Phi) is 4.72. The Labute approximate surface area is 178 Å². The maximum Gasteiger partial charge on any atom is 0.260 e. The minimum Gasteiger partial charge on any atom is -0.324 e. The number of anilines is 1. The molecule has 0 radical (unpaired) electrons. The van der Waals surface area contributed by atoms with Gasteiger partial charge in [0.25, 0.3) is 5.91 Å². The number of aryl methyl sites for hydroxylation is 1. The Bertz CT molecular complexity index is 1310. The van der Waals surface area contributed by atoms with Crippen molar-refractivity contribution < 1.29 is 4.79 Å². The molecule has 8 nitrogen and oxygen atoms in total. The lowest BCUT2D eigenvalue weighted by Gasteiger charge is -2.26. The molecule has 152 valence electrons. The van der Waals surface area contributed by atoms with Gasteiger partial charge >= 0.3 is 0 Å². The highest BCUT2D eigenvalue weighted by atomic mass is 16.1. The number of amides is 1. The summed E-state index contributed by atoms with van der Waals surface area (Å²) in [5.74, 6) is -0.267. The van der Waals surface area contributed by atoms with E-state index >= 15 is 0 Å². The first kappa shape index (κ1) is 18.7. The van der Waals surface area contributed by atoms with Crippen molar-refractivity contribution in [2.45, 2.75) is 6.92 Å². The Hall–Kier alpha value is -4.33. The minimum atomic E-state index is -0.267. The quantitative estimate of drug-likeness (QED) is 0.560. The van der Waals surface area contributed by atoms with Crippen LogP contribution in [0.1, 0.15) is 21.5 Å². The van der Waals surface area contributed by atoms with Crippen LogP contribution < -0.4 is 10.3 Å². The minimum absolute atomic E-state index is 0.267. The number of nitrogens with zero attached hydrogens (tertiary/aromatic N) is 6. The van der Waals surface area contributed by atoms with Crippen LogP contribution in [0.5, 0.6) is 0 Å². The molecule has 4 aromatic rings. The van der Waals surface area contributed by atoms with Crippen LogP contribution in [0.2, 0.25) is 0 Å². The maximum atomic E-state index is 13.0. The molecule has 0 saturated carbocycles. The molecule has 5 rings (SSSR count). The second kappa shape index (κ2) is 7.83. The third-order valence-electron chi connectivity index (χ3n) is 4.95. The van der Waals surface area contributed by atoms with Gasteiger partial charge in [0, 0.05) is 36.0 Å². The second-order valence-corrected chi connectivity index (χ2v) is 7.19. The zero-order valence-corrected chi connectivity index (χ0v) is 16.8. The number of carbonyl (C=O) groups excluding carboxylic acids is 1. The van der Waals surface area contributed by atoms with Gasteiger partial charge in [0.15, 0.2) is 5.65 Å². The summed E-state index contributed by atoms with van der Waals surface area (Å²) in [6.45, 7) is 2.46. The van der Waals surface area contributed by atoms with Crippen LogP contribution in [0.3, 0.4) is 0 Å². The summed E-state index contributed by atoms with van der Waals surface area (Å²) in [4.78, 5) is 21.5. The zero-order valence-electron chi connectivity index (χ0n) is 16.8. The number of benzene rings is 1. The molecule has 1 aromatic carbocycles. The highest BCUT2D eigenvalue weighted by molar-refractivity contribution is 6.10. The van der Waals surface area contributed by atoms with Gasteiger partial charge in [0.05, 0.1) is 24.1 Å². The third-order valence-corrected chi connectivity index (χ3v) is 4.95. The molecule has 0 saturated heterocycles. The van der Waals surface area contributed by atoms with Crippen LogP contribution in [0.25, 0.3) is 5.65 Å².